The highest BCUT2D eigenvalue weighted by Gasteiger charge is 2.21. The molecule has 2 N–H and O–H groups in total. The van der Waals surface area contributed by atoms with Crippen LogP contribution in [-0.2, 0) is 6.42 Å². The molecule has 0 radical (unpaired) electrons. The molecular weight excluding hydrogens is 480 g/mol. The molecule has 0 saturated carbocycles. The topological polar surface area (TPSA) is 107 Å². The van der Waals surface area contributed by atoms with E-state index in [2.05, 4.69) is 43.9 Å². The molecule has 196 valence electrons. The quantitative estimate of drug-likeness (QED) is 0.285. The number of anilines is 1. The van der Waals surface area contributed by atoms with Gasteiger partial charge in [0.05, 0.1) is 35.5 Å². The fourth-order valence-corrected chi connectivity index (χ4v) is 5.04. The molecule has 0 atom stereocenters. The first-order chi connectivity index (χ1) is 18.4. The Morgan fingerprint density at radius 2 is 1.71 bits per heavy atom. The summed E-state index contributed by atoms with van der Waals surface area (Å²) < 4.78 is 13.9. The molecule has 0 aliphatic rings. The van der Waals surface area contributed by atoms with Gasteiger partial charge in [-0.2, -0.15) is 5.10 Å². The zero-order chi connectivity index (χ0) is 26.8. The van der Waals surface area contributed by atoms with Crippen molar-refractivity contribution in [2.45, 2.75) is 41.0 Å². The maximum atomic E-state index is 12.4. The fraction of sp³-hybridized carbons (Fsp3) is 0.310. The van der Waals surface area contributed by atoms with Gasteiger partial charge in [-0.25, -0.2) is 4.98 Å². The first-order valence-electron chi connectivity index (χ1n) is 12.9. The van der Waals surface area contributed by atoms with Crippen LogP contribution in [-0.4, -0.2) is 44.5 Å². The predicted molar refractivity (Wildman–Crippen MR) is 150 cm³/mol. The monoisotopic (exact) mass is 512 g/mol. The summed E-state index contributed by atoms with van der Waals surface area (Å²) in [7, 11) is 0. The van der Waals surface area contributed by atoms with Crippen molar-refractivity contribution in [1.29, 1.82) is 0 Å². The van der Waals surface area contributed by atoms with Crippen LogP contribution < -0.4 is 20.3 Å². The number of rotatable bonds is 9. The first-order valence-corrected chi connectivity index (χ1v) is 12.9. The minimum atomic E-state index is -0.132. The molecule has 5 rings (SSSR count). The average Bonchev–Trinajstić information content (AvgIpc) is 3.17. The Morgan fingerprint density at radius 3 is 2.50 bits per heavy atom. The smallest absolute Gasteiger partial charge is 0.258 e. The van der Waals surface area contributed by atoms with Gasteiger partial charge < -0.3 is 24.3 Å². The van der Waals surface area contributed by atoms with Crippen LogP contribution in [0.5, 0.6) is 11.5 Å². The van der Waals surface area contributed by atoms with Crippen LogP contribution in [0.15, 0.2) is 47.3 Å². The molecule has 0 spiro atoms. The van der Waals surface area contributed by atoms with Crippen LogP contribution in [0, 0.1) is 20.8 Å². The van der Waals surface area contributed by atoms with E-state index in [4.69, 9.17) is 9.47 Å². The molecule has 3 aromatic heterocycles. The third-order valence-electron chi connectivity index (χ3n) is 6.64. The summed E-state index contributed by atoms with van der Waals surface area (Å²) in [5.74, 6) is 2.84. The third-order valence-corrected chi connectivity index (χ3v) is 6.64. The van der Waals surface area contributed by atoms with Crippen molar-refractivity contribution in [3.05, 3.63) is 75.7 Å². The van der Waals surface area contributed by atoms with E-state index in [1.54, 1.807) is 6.07 Å². The molecule has 9 nitrogen and oxygen atoms in total. The lowest BCUT2D eigenvalue weighted by Gasteiger charge is -2.16. The number of para-hydroxylation sites is 1. The summed E-state index contributed by atoms with van der Waals surface area (Å²) in [6.45, 7) is 11.7. The summed E-state index contributed by atoms with van der Waals surface area (Å²) in [4.78, 5) is 19.9. The Morgan fingerprint density at radius 1 is 0.947 bits per heavy atom. The summed E-state index contributed by atoms with van der Waals surface area (Å²) >= 11 is 0. The second-order valence-electron chi connectivity index (χ2n) is 9.09. The summed E-state index contributed by atoms with van der Waals surface area (Å²) in [5, 5.41) is 15.0. The number of nitrogens with one attached hydrogen (secondary N) is 2. The molecular formula is C29H32N6O3. The van der Waals surface area contributed by atoms with E-state index in [9.17, 15) is 4.79 Å². The van der Waals surface area contributed by atoms with E-state index in [0.29, 0.717) is 48.7 Å². The van der Waals surface area contributed by atoms with Gasteiger partial charge in [0.1, 0.15) is 17.3 Å². The van der Waals surface area contributed by atoms with Crippen molar-refractivity contribution in [3.63, 3.8) is 0 Å². The van der Waals surface area contributed by atoms with Gasteiger partial charge in [-0.1, -0.05) is 12.1 Å². The number of aromatic nitrogens is 5. The van der Waals surface area contributed by atoms with Crippen LogP contribution in [0.3, 0.4) is 0 Å². The number of hydrogen-bond acceptors (Lipinski definition) is 7. The molecule has 38 heavy (non-hydrogen) atoms. The normalized spacial score (nSPS) is 11.3. The maximum absolute atomic E-state index is 12.4. The zero-order valence-electron chi connectivity index (χ0n) is 22.4. The van der Waals surface area contributed by atoms with Gasteiger partial charge in [0, 0.05) is 41.2 Å². The molecule has 0 bridgehead atoms. The summed E-state index contributed by atoms with van der Waals surface area (Å²) in [6.07, 6.45) is 0.531. The van der Waals surface area contributed by atoms with E-state index in [0.717, 1.165) is 45.0 Å². The number of benzene rings is 2. The van der Waals surface area contributed by atoms with Crippen LogP contribution in [0.2, 0.25) is 0 Å². The molecule has 0 amide bonds. The molecule has 0 saturated heterocycles. The fourth-order valence-electron chi connectivity index (χ4n) is 5.04. The lowest BCUT2D eigenvalue weighted by atomic mass is 10.1. The van der Waals surface area contributed by atoms with Crippen LogP contribution >= 0.6 is 0 Å². The highest BCUT2D eigenvalue weighted by atomic mass is 16.5. The van der Waals surface area contributed by atoms with Gasteiger partial charge in [0.15, 0.2) is 5.82 Å². The summed E-state index contributed by atoms with van der Waals surface area (Å²) in [5.41, 5.74) is 4.43. The minimum absolute atomic E-state index is 0.132. The standard InChI is InChI=1S/C29H32N6O3/c1-6-37-20-12-13-23(24(16-20)38-7-2)35-18(4)26-17(3)33-34-28(27(26)19(35)5)30-15-14-25-31-22-11-9-8-10-21(22)29(36)32-25/h8-13,16H,6-7,14-15H2,1-5H3,(H,30,34)(H,31,32,36). The second-order valence-corrected chi connectivity index (χ2v) is 9.09. The van der Waals surface area contributed by atoms with Gasteiger partial charge in [0.2, 0.25) is 0 Å². The van der Waals surface area contributed by atoms with Crippen molar-refractivity contribution in [1.82, 2.24) is 24.7 Å². The van der Waals surface area contributed by atoms with Gasteiger partial charge in [-0.15, -0.1) is 5.10 Å². The molecule has 2 aromatic carbocycles. The van der Waals surface area contributed by atoms with Crippen molar-refractivity contribution in [2.75, 3.05) is 25.1 Å². The molecule has 0 unspecified atom stereocenters. The van der Waals surface area contributed by atoms with Gasteiger partial charge in [-0.05, 0) is 58.9 Å². The first kappa shape index (κ1) is 25.3. The van der Waals surface area contributed by atoms with E-state index < -0.39 is 0 Å². The van der Waals surface area contributed by atoms with Crippen LogP contribution in [0.25, 0.3) is 27.4 Å². The van der Waals surface area contributed by atoms with Gasteiger partial charge >= 0.3 is 0 Å². The average molecular weight is 513 g/mol. The lowest BCUT2D eigenvalue weighted by Crippen LogP contribution is -2.15. The second kappa shape index (κ2) is 10.5. The van der Waals surface area contributed by atoms with Crippen molar-refractivity contribution < 1.29 is 9.47 Å². The number of hydrogen-bond donors (Lipinski definition) is 2. The van der Waals surface area contributed by atoms with Crippen LogP contribution in [0.1, 0.15) is 36.8 Å². The Balaban J connectivity index is 1.50. The maximum Gasteiger partial charge on any atom is 0.258 e. The number of nitrogens with zero attached hydrogens (tertiary/aromatic N) is 4. The molecule has 5 aromatic rings. The SMILES string of the molecule is CCOc1ccc(-n2c(C)c3c(C)nnc(NCCc4nc5ccccc5c(=O)[nH]4)c3c2C)c(OCC)c1. The molecule has 0 aliphatic heterocycles. The minimum Gasteiger partial charge on any atom is -0.494 e. The number of H-pyrrole nitrogens is 1. The number of fused-ring (bicyclic) bond motifs is 2. The third kappa shape index (κ3) is 4.55. The van der Waals surface area contributed by atoms with Gasteiger partial charge in [-0.3, -0.25) is 4.79 Å². The molecule has 9 heteroatoms. The molecule has 0 aliphatic carbocycles. The number of ether oxygens (including phenoxy) is 2. The van der Waals surface area contributed by atoms with Crippen molar-refractivity contribution >= 4 is 27.5 Å². The summed E-state index contributed by atoms with van der Waals surface area (Å²) in [6, 6.07) is 13.3. The predicted octanol–water partition coefficient (Wildman–Crippen LogP) is 5.03. The highest BCUT2D eigenvalue weighted by molar-refractivity contribution is 5.98. The van der Waals surface area contributed by atoms with E-state index in [1.165, 1.54) is 0 Å². The number of aromatic amines is 1. The van der Waals surface area contributed by atoms with Crippen LogP contribution in [0.4, 0.5) is 5.82 Å². The highest BCUT2D eigenvalue weighted by Crippen LogP contribution is 2.37. The van der Waals surface area contributed by atoms with Gasteiger partial charge in [0.25, 0.3) is 5.56 Å². The Bertz CT molecular complexity index is 1690. The lowest BCUT2D eigenvalue weighted by molar-refractivity contribution is 0.322. The Hall–Kier alpha value is -4.40. The van der Waals surface area contributed by atoms with E-state index >= 15 is 0 Å². The van der Waals surface area contributed by atoms with Crippen molar-refractivity contribution in [3.8, 4) is 17.2 Å². The largest absolute Gasteiger partial charge is 0.494 e. The Labute approximate surface area is 220 Å². The number of aryl methyl sites for hydroxylation is 3. The Kier molecular flexibility index (Phi) is 7.00. The molecule has 0 fully saturated rings. The van der Waals surface area contributed by atoms with Crippen molar-refractivity contribution in [2.24, 2.45) is 0 Å². The van der Waals surface area contributed by atoms with E-state index in [-0.39, 0.29) is 5.56 Å². The molecule has 3 heterocycles. The zero-order valence-corrected chi connectivity index (χ0v) is 22.4. The van der Waals surface area contributed by atoms with E-state index in [1.807, 2.05) is 57.2 Å².